The third kappa shape index (κ3) is 5.03. The highest BCUT2D eigenvalue weighted by Crippen LogP contribution is 2.28. The van der Waals surface area contributed by atoms with E-state index in [1.54, 1.807) is 7.05 Å². The third-order valence-electron chi connectivity index (χ3n) is 3.20. The number of carboxylic acids is 1. The Labute approximate surface area is 122 Å². The molecule has 1 aromatic rings. The number of ether oxygens (including phenoxy) is 1. The molecule has 2 N–H and O–H groups in total. The maximum absolute atomic E-state index is 11.9. The van der Waals surface area contributed by atoms with Gasteiger partial charge in [0.05, 0.1) is 24.1 Å². The second-order valence-electron chi connectivity index (χ2n) is 5.14. The fourth-order valence-electron chi connectivity index (χ4n) is 1.68. The summed E-state index contributed by atoms with van der Waals surface area (Å²) in [7, 11) is 1.66. The molecule has 0 atom stereocenters. The van der Waals surface area contributed by atoms with Crippen molar-refractivity contribution >= 4 is 17.7 Å². The Kier molecular flexibility index (Phi) is 5.10. The van der Waals surface area contributed by atoms with Gasteiger partial charge in [-0.15, -0.1) is 0 Å². The highest BCUT2D eigenvalue weighted by Gasteiger charge is 2.21. The first-order chi connectivity index (χ1) is 10.1. The number of aromatic nitrogens is 1. The van der Waals surface area contributed by atoms with Crippen LogP contribution in [0.25, 0.3) is 0 Å². The minimum Gasteiger partial charge on any atom is -0.478 e. The first-order valence-electron chi connectivity index (χ1n) is 6.84. The van der Waals surface area contributed by atoms with Crippen LogP contribution in [0.4, 0.5) is 10.5 Å². The van der Waals surface area contributed by atoms with Gasteiger partial charge in [-0.25, -0.2) is 9.59 Å². The number of carboxylic acid groups (broad SMARTS) is 1. The van der Waals surface area contributed by atoms with E-state index in [9.17, 15) is 9.59 Å². The number of anilines is 1. The van der Waals surface area contributed by atoms with Crippen LogP contribution >= 0.6 is 0 Å². The number of carbonyl (C=O) groups excluding carboxylic acids is 1. The Morgan fingerprint density at radius 1 is 1.48 bits per heavy atom. The molecule has 7 heteroatoms. The van der Waals surface area contributed by atoms with Gasteiger partial charge in [0.2, 0.25) is 0 Å². The molecule has 2 rings (SSSR count). The van der Waals surface area contributed by atoms with Crippen molar-refractivity contribution in [1.82, 2.24) is 9.88 Å². The maximum atomic E-state index is 11.9. The van der Waals surface area contributed by atoms with Gasteiger partial charge in [-0.2, -0.15) is 0 Å². The topological polar surface area (TPSA) is 91.8 Å². The minimum atomic E-state index is -1.08. The first kappa shape index (κ1) is 15.2. The van der Waals surface area contributed by atoms with Gasteiger partial charge in [0, 0.05) is 26.4 Å². The molecular formula is C14H19N3O4. The van der Waals surface area contributed by atoms with Gasteiger partial charge in [-0.3, -0.25) is 4.98 Å². The fourth-order valence-corrected chi connectivity index (χ4v) is 1.68. The van der Waals surface area contributed by atoms with E-state index in [0.29, 0.717) is 24.8 Å². The van der Waals surface area contributed by atoms with Crippen molar-refractivity contribution in [3.8, 4) is 0 Å². The molecule has 114 valence electrons. The van der Waals surface area contributed by atoms with E-state index in [1.165, 1.54) is 36.2 Å². The molecule has 1 aromatic heterocycles. The van der Waals surface area contributed by atoms with Crippen molar-refractivity contribution < 1.29 is 19.4 Å². The molecule has 7 nitrogen and oxygen atoms in total. The Morgan fingerprint density at radius 2 is 2.24 bits per heavy atom. The summed E-state index contributed by atoms with van der Waals surface area (Å²) >= 11 is 0. The average molecular weight is 293 g/mol. The largest absolute Gasteiger partial charge is 0.478 e. The Morgan fingerprint density at radius 3 is 2.90 bits per heavy atom. The van der Waals surface area contributed by atoms with Crippen LogP contribution in [-0.2, 0) is 4.74 Å². The zero-order valence-electron chi connectivity index (χ0n) is 11.9. The van der Waals surface area contributed by atoms with Gasteiger partial charge in [0.1, 0.15) is 0 Å². The SMILES string of the molecule is CN(CCOCC1CC1)C(=O)Nc1cncc(C(=O)O)c1. The van der Waals surface area contributed by atoms with Crippen molar-refractivity contribution in [3.05, 3.63) is 24.0 Å². The van der Waals surface area contributed by atoms with Crippen LogP contribution in [0.2, 0.25) is 0 Å². The molecule has 0 aromatic carbocycles. The lowest BCUT2D eigenvalue weighted by Gasteiger charge is -2.18. The van der Waals surface area contributed by atoms with Crippen molar-refractivity contribution in [1.29, 1.82) is 0 Å². The van der Waals surface area contributed by atoms with Gasteiger partial charge in [0.15, 0.2) is 0 Å². The number of nitrogens with zero attached hydrogens (tertiary/aromatic N) is 2. The maximum Gasteiger partial charge on any atom is 0.337 e. The second kappa shape index (κ2) is 7.03. The summed E-state index contributed by atoms with van der Waals surface area (Å²) in [6.45, 7) is 1.73. The number of hydrogen-bond donors (Lipinski definition) is 2. The molecule has 0 bridgehead atoms. The third-order valence-corrected chi connectivity index (χ3v) is 3.20. The van der Waals surface area contributed by atoms with Crippen LogP contribution in [0.5, 0.6) is 0 Å². The lowest BCUT2D eigenvalue weighted by Crippen LogP contribution is -2.34. The summed E-state index contributed by atoms with van der Waals surface area (Å²) in [6, 6.07) is 1.04. The van der Waals surface area contributed by atoms with Gasteiger partial charge in [-0.05, 0) is 24.8 Å². The normalized spacial score (nSPS) is 13.8. The number of pyridine rings is 1. The van der Waals surface area contributed by atoms with E-state index < -0.39 is 5.97 Å². The van der Waals surface area contributed by atoms with Gasteiger partial charge < -0.3 is 20.1 Å². The molecule has 0 saturated heterocycles. The van der Waals surface area contributed by atoms with Crippen molar-refractivity contribution in [2.45, 2.75) is 12.8 Å². The second-order valence-corrected chi connectivity index (χ2v) is 5.14. The molecule has 1 saturated carbocycles. The molecule has 0 aliphatic heterocycles. The van der Waals surface area contributed by atoms with E-state index in [-0.39, 0.29) is 11.6 Å². The summed E-state index contributed by atoms with van der Waals surface area (Å²) in [6.07, 6.45) is 5.11. The molecular weight excluding hydrogens is 274 g/mol. The van der Waals surface area contributed by atoms with E-state index in [4.69, 9.17) is 9.84 Å². The molecule has 0 spiro atoms. The summed E-state index contributed by atoms with van der Waals surface area (Å²) in [5, 5.41) is 11.5. The molecule has 2 amide bonds. The number of aromatic carboxylic acids is 1. The van der Waals surface area contributed by atoms with E-state index >= 15 is 0 Å². The zero-order valence-corrected chi connectivity index (χ0v) is 11.9. The van der Waals surface area contributed by atoms with E-state index in [0.717, 1.165) is 6.61 Å². The molecule has 21 heavy (non-hydrogen) atoms. The van der Waals surface area contributed by atoms with Gasteiger partial charge in [0.25, 0.3) is 0 Å². The van der Waals surface area contributed by atoms with Gasteiger partial charge in [-0.1, -0.05) is 0 Å². The van der Waals surface area contributed by atoms with Crippen LogP contribution in [0.1, 0.15) is 23.2 Å². The number of likely N-dealkylation sites (N-methyl/N-ethyl adjacent to an activating group) is 1. The Bertz CT molecular complexity index is 517. The van der Waals surface area contributed by atoms with Gasteiger partial charge >= 0.3 is 12.0 Å². The molecule has 1 aliphatic rings. The monoisotopic (exact) mass is 293 g/mol. The first-order valence-corrected chi connectivity index (χ1v) is 6.84. The highest BCUT2D eigenvalue weighted by molar-refractivity contribution is 5.92. The molecule has 1 heterocycles. The number of nitrogens with one attached hydrogen (secondary N) is 1. The van der Waals surface area contributed by atoms with Crippen molar-refractivity contribution in [2.75, 3.05) is 32.1 Å². The highest BCUT2D eigenvalue weighted by atomic mass is 16.5. The summed E-state index contributed by atoms with van der Waals surface area (Å²) in [4.78, 5) is 28.0. The summed E-state index contributed by atoms with van der Waals surface area (Å²) in [5.41, 5.74) is 0.383. The number of amides is 2. The predicted molar refractivity (Wildman–Crippen MR) is 76.4 cm³/mol. The minimum absolute atomic E-state index is 0.0308. The lowest BCUT2D eigenvalue weighted by molar-refractivity contribution is 0.0696. The average Bonchev–Trinajstić information content (AvgIpc) is 3.27. The summed E-state index contributed by atoms with van der Waals surface area (Å²) < 4.78 is 5.47. The lowest BCUT2D eigenvalue weighted by atomic mass is 10.2. The van der Waals surface area contributed by atoms with Crippen LogP contribution < -0.4 is 5.32 Å². The molecule has 1 fully saturated rings. The van der Waals surface area contributed by atoms with E-state index in [2.05, 4.69) is 10.3 Å². The van der Waals surface area contributed by atoms with Crippen LogP contribution in [0.3, 0.4) is 0 Å². The zero-order chi connectivity index (χ0) is 15.2. The smallest absolute Gasteiger partial charge is 0.337 e. The standard InChI is InChI=1S/C14H19N3O4/c1-17(4-5-21-9-10-2-3-10)14(20)16-12-6-11(13(18)19)7-15-8-12/h6-8,10H,2-5,9H2,1H3,(H,16,20)(H,18,19). The quantitative estimate of drug-likeness (QED) is 0.746. The summed E-state index contributed by atoms with van der Waals surface area (Å²) in [5.74, 6) is -0.380. The fraction of sp³-hybridized carbons (Fsp3) is 0.500. The van der Waals surface area contributed by atoms with Crippen LogP contribution in [0, 0.1) is 5.92 Å². The number of hydrogen-bond acceptors (Lipinski definition) is 4. The Hall–Kier alpha value is -2.15. The van der Waals surface area contributed by atoms with Crippen molar-refractivity contribution in [2.24, 2.45) is 5.92 Å². The molecule has 0 radical (unpaired) electrons. The predicted octanol–water partition coefficient (Wildman–Crippen LogP) is 1.67. The number of carbonyl (C=O) groups is 2. The number of urea groups is 1. The molecule has 1 aliphatic carbocycles. The number of rotatable bonds is 7. The molecule has 0 unspecified atom stereocenters. The van der Waals surface area contributed by atoms with E-state index in [1.807, 2.05) is 0 Å². The van der Waals surface area contributed by atoms with Crippen LogP contribution in [0.15, 0.2) is 18.5 Å². The van der Waals surface area contributed by atoms with Crippen molar-refractivity contribution in [3.63, 3.8) is 0 Å². The van der Waals surface area contributed by atoms with Crippen LogP contribution in [-0.4, -0.2) is 53.8 Å². The Balaban J connectivity index is 1.76.